The molecule has 15 heteroatoms. The summed E-state index contributed by atoms with van der Waals surface area (Å²) in [6.07, 6.45) is -8.51. The van der Waals surface area contributed by atoms with Crippen LogP contribution in [0.2, 0.25) is 0 Å². The van der Waals surface area contributed by atoms with Crippen LogP contribution in [-0.4, -0.2) is 116 Å². The summed E-state index contributed by atoms with van der Waals surface area (Å²) in [6, 6.07) is -1.18. The first-order valence-corrected chi connectivity index (χ1v) is 14.4. The second-order valence-electron chi connectivity index (χ2n) is 11.7. The number of nitrogens with one attached hydrogen (secondary N) is 1. The van der Waals surface area contributed by atoms with Gasteiger partial charge in [0.2, 0.25) is 5.91 Å². The lowest BCUT2D eigenvalue weighted by atomic mass is 9.96. The Morgan fingerprint density at radius 3 is 2.12 bits per heavy atom. The summed E-state index contributed by atoms with van der Waals surface area (Å²) in [4.78, 5) is 47.7. The molecule has 3 aliphatic rings. The molecule has 3 saturated heterocycles. The maximum absolute atomic E-state index is 12.2. The number of hydrogen-bond donors (Lipinski definition) is 2. The number of ether oxygens (including phenoxy) is 9. The maximum atomic E-state index is 12.2. The number of hydrogen-bond acceptors (Lipinski definition) is 14. The first kappa shape index (κ1) is 35.1. The van der Waals surface area contributed by atoms with Gasteiger partial charge in [0.1, 0.15) is 43.2 Å². The molecule has 3 rings (SSSR count). The minimum atomic E-state index is -1.34. The van der Waals surface area contributed by atoms with E-state index < -0.39 is 91.0 Å². The number of aliphatic hydroxyl groups excluding tert-OH is 1. The van der Waals surface area contributed by atoms with E-state index in [9.17, 15) is 24.3 Å². The van der Waals surface area contributed by atoms with Gasteiger partial charge in [-0.2, -0.15) is 0 Å². The van der Waals surface area contributed by atoms with E-state index in [0.29, 0.717) is 12.5 Å². The molecule has 1 amide bonds. The van der Waals surface area contributed by atoms with Crippen LogP contribution < -0.4 is 5.32 Å². The van der Waals surface area contributed by atoms with Gasteiger partial charge in [-0.15, -0.1) is 0 Å². The first-order chi connectivity index (χ1) is 20.1. The number of esters is 3. The number of aliphatic hydroxyl groups is 1. The molecule has 3 aliphatic heterocycles. The topological polar surface area (TPSA) is 184 Å². The molecule has 43 heavy (non-hydrogen) atoms. The molecule has 0 aromatic heterocycles. The van der Waals surface area contributed by atoms with Crippen LogP contribution in [0.25, 0.3) is 0 Å². The Balaban J connectivity index is 1.81. The molecule has 1 unspecified atom stereocenters. The van der Waals surface area contributed by atoms with E-state index in [0.717, 1.165) is 20.3 Å². The van der Waals surface area contributed by atoms with Gasteiger partial charge in [-0.25, -0.2) is 0 Å². The smallest absolute Gasteiger partial charge is 0.303 e. The molecule has 0 bridgehead atoms. The predicted octanol–water partition coefficient (Wildman–Crippen LogP) is 0.328. The van der Waals surface area contributed by atoms with Gasteiger partial charge < -0.3 is 53.1 Å². The number of carbonyl (C=O) groups is 4. The van der Waals surface area contributed by atoms with Crippen molar-refractivity contribution in [1.29, 1.82) is 0 Å². The molecule has 15 nitrogen and oxygen atoms in total. The van der Waals surface area contributed by atoms with Crippen LogP contribution in [0.5, 0.6) is 0 Å². The van der Waals surface area contributed by atoms with E-state index in [-0.39, 0.29) is 13.2 Å². The Bertz CT molecular complexity index is 989. The van der Waals surface area contributed by atoms with Crippen LogP contribution in [0.1, 0.15) is 61.8 Å². The predicted molar refractivity (Wildman–Crippen MR) is 144 cm³/mol. The highest BCUT2D eigenvalue weighted by Crippen LogP contribution is 2.40. The summed E-state index contributed by atoms with van der Waals surface area (Å²) in [5.74, 6) is -3.13. The molecule has 3 heterocycles. The summed E-state index contributed by atoms with van der Waals surface area (Å²) in [7, 11) is 0. The molecule has 0 aromatic rings. The standard InChI is InChI=1S/C28H45NO14/c1-13(2)9-10-35-24-21(41-27-25(24)42-28(7,8)43-27)18(34)11-37-26-20(29-14(3)30)23(39-17(6)33)22(38-16(5)32)19(40-26)12-36-15(4)31/h13,18-27,34H,9-12H2,1-8H3,(H,29,30)/t18?,19-,20-,21-,22-,23-,24+,25-,26-,27-/m1/s1. The normalized spacial score (nSPS) is 33.9. The third kappa shape index (κ3) is 9.80. The quantitative estimate of drug-likeness (QED) is 0.212. The van der Waals surface area contributed by atoms with Gasteiger partial charge in [0.15, 0.2) is 30.6 Å². The van der Waals surface area contributed by atoms with Crippen molar-refractivity contribution in [2.24, 2.45) is 5.92 Å². The van der Waals surface area contributed by atoms with Gasteiger partial charge in [-0.1, -0.05) is 13.8 Å². The minimum absolute atomic E-state index is 0.383. The number of amides is 1. The molecule has 0 aromatic carbocycles. The fourth-order valence-corrected chi connectivity index (χ4v) is 5.16. The average Bonchev–Trinajstić information content (AvgIpc) is 3.35. The third-order valence-corrected chi connectivity index (χ3v) is 6.91. The van der Waals surface area contributed by atoms with Crippen molar-refractivity contribution in [3.63, 3.8) is 0 Å². The van der Waals surface area contributed by atoms with Crippen LogP contribution in [0.4, 0.5) is 0 Å². The van der Waals surface area contributed by atoms with E-state index in [4.69, 9.17) is 42.6 Å². The molecule has 2 N–H and O–H groups in total. The van der Waals surface area contributed by atoms with Crippen LogP contribution in [-0.2, 0) is 61.8 Å². The summed E-state index contributed by atoms with van der Waals surface area (Å²) in [6.45, 7) is 12.0. The van der Waals surface area contributed by atoms with Crippen LogP contribution in [0.3, 0.4) is 0 Å². The lowest BCUT2D eigenvalue weighted by molar-refractivity contribution is -0.286. The average molecular weight is 620 g/mol. The summed E-state index contributed by atoms with van der Waals surface area (Å²) >= 11 is 0. The summed E-state index contributed by atoms with van der Waals surface area (Å²) in [5.41, 5.74) is 0. The van der Waals surface area contributed by atoms with Gasteiger partial charge in [0.05, 0.1) is 6.61 Å². The Morgan fingerprint density at radius 2 is 1.53 bits per heavy atom. The minimum Gasteiger partial charge on any atom is -0.463 e. The second-order valence-corrected chi connectivity index (χ2v) is 11.7. The molecule has 10 atom stereocenters. The van der Waals surface area contributed by atoms with Crippen molar-refractivity contribution in [3.8, 4) is 0 Å². The van der Waals surface area contributed by atoms with Gasteiger partial charge in [-0.3, -0.25) is 19.2 Å². The largest absolute Gasteiger partial charge is 0.463 e. The van der Waals surface area contributed by atoms with Crippen molar-refractivity contribution in [3.05, 3.63) is 0 Å². The Morgan fingerprint density at radius 1 is 0.884 bits per heavy atom. The highest BCUT2D eigenvalue weighted by atomic mass is 16.8. The Labute approximate surface area is 251 Å². The van der Waals surface area contributed by atoms with Crippen LogP contribution in [0.15, 0.2) is 0 Å². The number of rotatable bonds is 13. The van der Waals surface area contributed by atoms with Crippen LogP contribution in [0, 0.1) is 5.92 Å². The lowest BCUT2D eigenvalue weighted by Crippen LogP contribution is -2.66. The van der Waals surface area contributed by atoms with Crippen molar-refractivity contribution < 1.29 is 66.9 Å². The third-order valence-electron chi connectivity index (χ3n) is 6.91. The fraction of sp³-hybridized carbons (Fsp3) is 0.857. The highest BCUT2D eigenvalue weighted by molar-refractivity contribution is 5.73. The molecule has 0 radical (unpaired) electrons. The van der Waals surface area contributed by atoms with Crippen molar-refractivity contribution >= 4 is 23.8 Å². The van der Waals surface area contributed by atoms with Crippen molar-refractivity contribution in [1.82, 2.24) is 5.32 Å². The van der Waals surface area contributed by atoms with Gasteiger partial charge in [0, 0.05) is 34.3 Å². The van der Waals surface area contributed by atoms with E-state index in [2.05, 4.69) is 19.2 Å². The van der Waals surface area contributed by atoms with E-state index >= 15 is 0 Å². The molecule has 0 aliphatic carbocycles. The second kappa shape index (κ2) is 15.1. The SMILES string of the molecule is CC(=O)N[C@H]1[C@H](OCC(O)[C@H]2O[C@@H]3OC(C)(C)O[C@@H]3[C@H]2OCCC(C)C)O[C@H](COC(C)=O)[C@@H](OC(C)=O)[C@@H]1OC(C)=O. The zero-order valence-corrected chi connectivity index (χ0v) is 25.9. The lowest BCUT2D eigenvalue weighted by Gasteiger charge is -2.45. The van der Waals surface area contributed by atoms with Gasteiger partial charge in [0.25, 0.3) is 0 Å². The molecule has 0 saturated carbocycles. The zero-order valence-electron chi connectivity index (χ0n) is 25.9. The van der Waals surface area contributed by atoms with Gasteiger partial charge in [-0.05, 0) is 26.2 Å². The molecule has 246 valence electrons. The summed E-state index contributed by atoms with van der Waals surface area (Å²) in [5, 5.41) is 13.8. The number of fused-ring (bicyclic) bond motifs is 1. The van der Waals surface area contributed by atoms with E-state index in [1.54, 1.807) is 13.8 Å². The highest BCUT2D eigenvalue weighted by Gasteiger charge is 2.57. The molecule has 3 fully saturated rings. The summed E-state index contributed by atoms with van der Waals surface area (Å²) < 4.78 is 51.9. The molecule has 0 spiro atoms. The molecular weight excluding hydrogens is 574 g/mol. The number of carbonyl (C=O) groups excluding carboxylic acids is 4. The molecular formula is C28H45NO14. The Hall–Kier alpha value is -2.40. The van der Waals surface area contributed by atoms with Crippen LogP contribution >= 0.6 is 0 Å². The van der Waals surface area contributed by atoms with Crippen molar-refractivity contribution in [2.75, 3.05) is 19.8 Å². The monoisotopic (exact) mass is 619 g/mol. The Kier molecular flexibility index (Phi) is 12.3. The maximum Gasteiger partial charge on any atom is 0.303 e. The fourth-order valence-electron chi connectivity index (χ4n) is 5.16. The van der Waals surface area contributed by atoms with E-state index in [1.165, 1.54) is 13.8 Å². The van der Waals surface area contributed by atoms with E-state index in [1.807, 2.05) is 0 Å². The zero-order chi connectivity index (χ0) is 32.1. The van der Waals surface area contributed by atoms with Crippen molar-refractivity contribution in [2.45, 2.75) is 129 Å². The first-order valence-electron chi connectivity index (χ1n) is 14.4. The van der Waals surface area contributed by atoms with Gasteiger partial charge >= 0.3 is 17.9 Å².